The highest BCUT2D eigenvalue weighted by Crippen LogP contribution is 2.39. The first kappa shape index (κ1) is 27.9. The number of carbonyl (C=O) groups is 2. The summed E-state index contributed by atoms with van der Waals surface area (Å²) in [5.74, 6) is -6.58. The molecule has 2 aromatic carbocycles. The van der Waals surface area contributed by atoms with E-state index in [1.807, 2.05) is 0 Å². The molecule has 2 amide bonds. The van der Waals surface area contributed by atoms with E-state index in [1.165, 1.54) is 18.2 Å². The number of hydrogen-bond donors (Lipinski definition) is 2. The van der Waals surface area contributed by atoms with Crippen LogP contribution in [0.2, 0.25) is 0 Å². The molecule has 3 N–H and O–H groups in total. The van der Waals surface area contributed by atoms with Crippen molar-refractivity contribution in [3.8, 4) is 11.3 Å². The number of hydrogen-bond acceptors (Lipinski definition) is 5. The smallest absolute Gasteiger partial charge is 0.382 e. The van der Waals surface area contributed by atoms with Crippen molar-refractivity contribution in [3.63, 3.8) is 0 Å². The Kier molecular flexibility index (Phi) is 6.83. The number of aromatic nitrogens is 3. The average molecular weight is 580 g/mol. The Morgan fingerprint density at radius 1 is 1.00 bits per heavy atom. The molecular weight excluding hydrogens is 561 g/mol. The number of aryl methyl sites for hydroxylation is 1. The topological polar surface area (TPSA) is 106 Å². The van der Waals surface area contributed by atoms with Gasteiger partial charge in [-0.2, -0.15) is 18.3 Å². The Hall–Kier alpha value is -4.69. The van der Waals surface area contributed by atoms with Crippen molar-refractivity contribution >= 4 is 23.1 Å². The van der Waals surface area contributed by atoms with Gasteiger partial charge in [-0.1, -0.05) is 12.1 Å². The number of nitrogen functional groups attached to an aromatic ring is 1. The minimum Gasteiger partial charge on any atom is -0.382 e. The molecule has 0 aliphatic carbocycles. The number of alkyl halides is 4. The first-order chi connectivity index (χ1) is 19.3. The summed E-state index contributed by atoms with van der Waals surface area (Å²) in [6.45, 7) is 0.593. The van der Waals surface area contributed by atoms with Gasteiger partial charge in [-0.05, 0) is 30.7 Å². The quantitative estimate of drug-likeness (QED) is 0.277. The SMILES string of the molecule is Cc1ccc(-c2cc(C(F)(F)F)c3c(N)ncnn23)cc1C(=O)N[C@@H]1CN(C(=O)c2cc(F)c(F)cc2F)C[C@@H]1F. The Bertz CT molecular complexity index is 1700. The van der Waals surface area contributed by atoms with E-state index in [0.717, 1.165) is 21.8 Å². The zero-order valence-electron chi connectivity index (χ0n) is 20.9. The summed E-state index contributed by atoms with van der Waals surface area (Å²) in [6.07, 6.45) is -5.59. The molecule has 3 heterocycles. The molecule has 0 spiro atoms. The standard InChI is InChI=1S/C26H19F7N6O2/c1-11-2-3-12(21-6-15(26(31,32)33)22-23(34)35-10-36-39(21)22)4-13(11)24(40)37-20-9-38(8-19(20)30)25(41)14-5-17(28)18(29)7-16(14)27/h2-7,10,19-20H,8-9H2,1H3,(H,37,40)(H2,34,35,36)/t19-,20+/m0/s1. The van der Waals surface area contributed by atoms with Gasteiger partial charge >= 0.3 is 6.18 Å². The zero-order chi connectivity index (χ0) is 29.8. The van der Waals surface area contributed by atoms with Crippen LogP contribution in [0.5, 0.6) is 0 Å². The molecule has 5 rings (SSSR count). The lowest BCUT2D eigenvalue weighted by atomic mass is 10.0. The summed E-state index contributed by atoms with van der Waals surface area (Å²) >= 11 is 0. The summed E-state index contributed by atoms with van der Waals surface area (Å²) < 4.78 is 97.8. The van der Waals surface area contributed by atoms with Gasteiger partial charge in [0, 0.05) is 23.7 Å². The maximum absolute atomic E-state index is 14.8. The van der Waals surface area contributed by atoms with Crippen LogP contribution >= 0.6 is 0 Å². The Morgan fingerprint density at radius 3 is 2.41 bits per heavy atom. The number of benzene rings is 2. The van der Waals surface area contributed by atoms with Crippen LogP contribution in [0.1, 0.15) is 31.8 Å². The molecule has 1 saturated heterocycles. The molecule has 2 aromatic heterocycles. The van der Waals surface area contributed by atoms with Gasteiger partial charge in [-0.3, -0.25) is 9.59 Å². The number of rotatable bonds is 4. The highest BCUT2D eigenvalue weighted by molar-refractivity contribution is 5.98. The number of likely N-dealkylation sites (tertiary alicyclic amines) is 1. The predicted molar refractivity (Wildman–Crippen MR) is 131 cm³/mol. The third-order valence-corrected chi connectivity index (χ3v) is 6.76. The van der Waals surface area contributed by atoms with Crippen molar-refractivity contribution in [2.75, 3.05) is 18.8 Å². The lowest BCUT2D eigenvalue weighted by molar-refractivity contribution is -0.136. The largest absolute Gasteiger partial charge is 0.418 e. The molecule has 0 radical (unpaired) electrons. The van der Waals surface area contributed by atoms with Crippen molar-refractivity contribution in [3.05, 3.63) is 82.4 Å². The van der Waals surface area contributed by atoms with Gasteiger partial charge in [0.05, 0.1) is 29.4 Å². The molecule has 2 atom stereocenters. The third kappa shape index (κ3) is 5.02. The van der Waals surface area contributed by atoms with E-state index < -0.39 is 83.2 Å². The molecule has 1 aliphatic rings. The molecule has 15 heteroatoms. The summed E-state index contributed by atoms with van der Waals surface area (Å²) in [5, 5.41) is 6.32. The molecule has 214 valence electrons. The summed E-state index contributed by atoms with van der Waals surface area (Å²) in [4.78, 5) is 30.3. The van der Waals surface area contributed by atoms with Crippen LogP contribution in [0.25, 0.3) is 16.8 Å². The highest BCUT2D eigenvalue weighted by Gasteiger charge is 2.39. The number of nitrogens with one attached hydrogen (secondary N) is 1. The Morgan fingerprint density at radius 2 is 1.71 bits per heavy atom. The van der Waals surface area contributed by atoms with Crippen molar-refractivity contribution < 1.29 is 40.3 Å². The summed E-state index contributed by atoms with van der Waals surface area (Å²) in [7, 11) is 0. The van der Waals surface area contributed by atoms with Gasteiger partial charge in [-0.25, -0.2) is 27.1 Å². The van der Waals surface area contributed by atoms with E-state index in [1.54, 1.807) is 6.92 Å². The lowest BCUT2D eigenvalue weighted by Gasteiger charge is -2.18. The molecule has 0 unspecified atom stereocenters. The average Bonchev–Trinajstić information content (AvgIpc) is 3.48. The number of carbonyl (C=O) groups excluding carboxylic acids is 2. The monoisotopic (exact) mass is 580 g/mol. The van der Waals surface area contributed by atoms with Crippen molar-refractivity contribution in [1.82, 2.24) is 24.8 Å². The van der Waals surface area contributed by atoms with Crippen LogP contribution < -0.4 is 11.1 Å². The van der Waals surface area contributed by atoms with Crippen LogP contribution in [0.3, 0.4) is 0 Å². The normalized spacial score (nSPS) is 17.3. The van der Waals surface area contributed by atoms with E-state index in [-0.39, 0.29) is 22.9 Å². The van der Waals surface area contributed by atoms with Crippen LogP contribution in [0, 0.1) is 24.4 Å². The number of nitrogens with two attached hydrogens (primary N) is 1. The number of nitrogens with zero attached hydrogens (tertiary/aromatic N) is 4. The fourth-order valence-electron chi connectivity index (χ4n) is 4.68. The second-order valence-electron chi connectivity index (χ2n) is 9.43. The highest BCUT2D eigenvalue weighted by atomic mass is 19.4. The molecule has 8 nitrogen and oxygen atoms in total. The molecule has 1 aliphatic heterocycles. The fraction of sp³-hybridized carbons (Fsp3) is 0.231. The van der Waals surface area contributed by atoms with Gasteiger partial charge in [0.2, 0.25) is 0 Å². The van der Waals surface area contributed by atoms with E-state index in [2.05, 4.69) is 15.4 Å². The van der Waals surface area contributed by atoms with Gasteiger partial charge < -0.3 is 16.0 Å². The second kappa shape index (κ2) is 10.1. The number of fused-ring (bicyclic) bond motifs is 1. The number of halogens is 7. The molecular formula is C26H19F7N6O2. The molecule has 1 fully saturated rings. The van der Waals surface area contributed by atoms with E-state index in [0.29, 0.717) is 11.6 Å². The third-order valence-electron chi connectivity index (χ3n) is 6.76. The zero-order valence-corrected chi connectivity index (χ0v) is 20.9. The van der Waals surface area contributed by atoms with Crippen LogP contribution in [-0.2, 0) is 6.18 Å². The van der Waals surface area contributed by atoms with Gasteiger partial charge in [0.25, 0.3) is 11.8 Å². The van der Waals surface area contributed by atoms with Crippen LogP contribution in [-0.4, -0.2) is 56.6 Å². The molecule has 41 heavy (non-hydrogen) atoms. The fourth-order valence-corrected chi connectivity index (χ4v) is 4.68. The van der Waals surface area contributed by atoms with Crippen molar-refractivity contribution in [1.29, 1.82) is 0 Å². The lowest BCUT2D eigenvalue weighted by Crippen LogP contribution is -2.42. The number of anilines is 1. The van der Waals surface area contributed by atoms with E-state index in [9.17, 15) is 40.3 Å². The van der Waals surface area contributed by atoms with Crippen LogP contribution in [0.4, 0.5) is 36.6 Å². The maximum Gasteiger partial charge on any atom is 0.418 e. The summed E-state index contributed by atoms with van der Waals surface area (Å²) in [5.41, 5.74) is 3.88. The molecule has 0 saturated carbocycles. The van der Waals surface area contributed by atoms with E-state index in [4.69, 9.17) is 5.73 Å². The van der Waals surface area contributed by atoms with Crippen LogP contribution in [0.15, 0.2) is 42.7 Å². The van der Waals surface area contributed by atoms with E-state index >= 15 is 0 Å². The summed E-state index contributed by atoms with van der Waals surface area (Å²) in [6, 6.07) is 4.39. The first-order valence-electron chi connectivity index (χ1n) is 12.0. The van der Waals surface area contributed by atoms with Crippen molar-refractivity contribution in [2.24, 2.45) is 0 Å². The molecule has 4 aromatic rings. The number of amides is 2. The second-order valence-corrected chi connectivity index (χ2v) is 9.43. The maximum atomic E-state index is 14.8. The predicted octanol–water partition coefficient (Wildman–Crippen LogP) is 4.32. The van der Waals surface area contributed by atoms with Gasteiger partial charge in [-0.15, -0.1) is 0 Å². The van der Waals surface area contributed by atoms with Crippen molar-refractivity contribution in [2.45, 2.75) is 25.3 Å². The first-order valence-corrected chi connectivity index (χ1v) is 12.0. The molecule has 0 bridgehead atoms. The minimum atomic E-state index is -4.78. The minimum absolute atomic E-state index is 0.00309. The Balaban J connectivity index is 1.41. The van der Waals surface area contributed by atoms with Gasteiger partial charge in [0.1, 0.15) is 23.8 Å². The van der Waals surface area contributed by atoms with Gasteiger partial charge in [0.15, 0.2) is 17.5 Å². The Labute approximate surface area is 226 Å².